The minimum absolute atomic E-state index is 0.160. The number of methoxy groups -OCH3 is 1. The number of hydrogen-bond donors (Lipinski definition) is 2. The predicted molar refractivity (Wildman–Crippen MR) is 97.8 cm³/mol. The van der Waals surface area contributed by atoms with Crippen molar-refractivity contribution in [2.24, 2.45) is 4.99 Å². The van der Waals surface area contributed by atoms with Gasteiger partial charge in [-0.1, -0.05) is 38.1 Å². The normalized spacial score (nSPS) is 12.2. The molecule has 0 atom stereocenters. The van der Waals surface area contributed by atoms with Crippen molar-refractivity contribution in [3.63, 3.8) is 0 Å². The fourth-order valence-corrected chi connectivity index (χ4v) is 2.19. The van der Waals surface area contributed by atoms with Crippen LogP contribution in [0.25, 0.3) is 0 Å². The lowest BCUT2D eigenvalue weighted by Gasteiger charge is -2.13. The van der Waals surface area contributed by atoms with Crippen LogP contribution in [0.5, 0.6) is 5.75 Å². The van der Waals surface area contributed by atoms with Gasteiger partial charge in [0.1, 0.15) is 5.75 Å². The molecule has 0 aliphatic heterocycles. The molecule has 2 rings (SSSR count). The Morgan fingerprint density at radius 3 is 2.56 bits per heavy atom. The molecule has 1 aromatic carbocycles. The molecule has 0 fully saturated rings. The van der Waals surface area contributed by atoms with Crippen LogP contribution >= 0.6 is 0 Å². The summed E-state index contributed by atoms with van der Waals surface area (Å²) in [6.45, 7) is 9.18. The van der Waals surface area contributed by atoms with Crippen molar-refractivity contribution in [1.29, 1.82) is 0 Å². The summed E-state index contributed by atoms with van der Waals surface area (Å²) < 4.78 is 10.7. The Balaban J connectivity index is 1.92. The maximum absolute atomic E-state index is 5.42. The number of rotatable bonds is 5. The van der Waals surface area contributed by atoms with E-state index in [1.54, 1.807) is 14.2 Å². The molecule has 0 saturated carbocycles. The average molecular weight is 345 g/mol. The summed E-state index contributed by atoms with van der Waals surface area (Å²) in [4.78, 5) is 8.61. The lowest BCUT2D eigenvalue weighted by Crippen LogP contribution is -2.36. The molecule has 7 heteroatoms. The van der Waals surface area contributed by atoms with E-state index in [1.165, 1.54) is 0 Å². The summed E-state index contributed by atoms with van der Waals surface area (Å²) in [6.07, 6.45) is 0. The van der Waals surface area contributed by atoms with Crippen LogP contribution in [0.3, 0.4) is 0 Å². The third kappa shape index (κ3) is 5.20. The van der Waals surface area contributed by atoms with Gasteiger partial charge >= 0.3 is 0 Å². The fraction of sp³-hybridized carbons (Fsp3) is 0.500. The first kappa shape index (κ1) is 18.8. The summed E-state index contributed by atoms with van der Waals surface area (Å²) >= 11 is 0. The Kier molecular flexibility index (Phi) is 6.01. The van der Waals surface area contributed by atoms with Gasteiger partial charge in [-0.05, 0) is 18.6 Å². The number of guanidine groups is 1. The number of ether oxygens (including phenoxy) is 1. The van der Waals surface area contributed by atoms with Crippen molar-refractivity contribution in [1.82, 2.24) is 20.8 Å². The molecule has 0 radical (unpaired) electrons. The van der Waals surface area contributed by atoms with E-state index in [2.05, 4.69) is 31.8 Å². The molecule has 0 aliphatic rings. The standard InChI is InChI=1S/C18H27N5O2/c1-12-7-8-13(14(9-12)24-6)10-20-17(19-5)21-11-15-22-16(25-23-15)18(2,3)4/h7-9H,10-11H2,1-6H3,(H2,19,20,21). The lowest BCUT2D eigenvalue weighted by molar-refractivity contribution is 0.318. The van der Waals surface area contributed by atoms with E-state index >= 15 is 0 Å². The molecule has 0 spiro atoms. The van der Waals surface area contributed by atoms with Crippen molar-refractivity contribution < 1.29 is 9.26 Å². The van der Waals surface area contributed by atoms with E-state index in [-0.39, 0.29) is 5.41 Å². The fourth-order valence-electron chi connectivity index (χ4n) is 2.19. The highest BCUT2D eigenvalue weighted by Crippen LogP contribution is 2.20. The highest BCUT2D eigenvalue weighted by molar-refractivity contribution is 5.79. The second-order valence-corrected chi connectivity index (χ2v) is 6.86. The van der Waals surface area contributed by atoms with E-state index in [4.69, 9.17) is 9.26 Å². The number of nitrogens with one attached hydrogen (secondary N) is 2. The molecule has 1 heterocycles. The zero-order chi connectivity index (χ0) is 18.4. The van der Waals surface area contributed by atoms with Crippen LogP contribution in [0.2, 0.25) is 0 Å². The molecule has 1 aromatic heterocycles. The van der Waals surface area contributed by atoms with E-state index in [9.17, 15) is 0 Å². The van der Waals surface area contributed by atoms with Crippen LogP contribution in [-0.2, 0) is 18.5 Å². The Labute approximate surface area is 148 Å². The van der Waals surface area contributed by atoms with E-state index < -0.39 is 0 Å². The number of aromatic nitrogens is 2. The molecular weight excluding hydrogens is 318 g/mol. The highest BCUT2D eigenvalue weighted by atomic mass is 16.5. The van der Waals surface area contributed by atoms with Gasteiger partial charge < -0.3 is 19.9 Å². The van der Waals surface area contributed by atoms with Crippen LogP contribution in [0.4, 0.5) is 0 Å². The first-order valence-electron chi connectivity index (χ1n) is 8.24. The lowest BCUT2D eigenvalue weighted by atomic mass is 9.97. The summed E-state index contributed by atoms with van der Waals surface area (Å²) in [6, 6.07) is 6.12. The summed E-state index contributed by atoms with van der Waals surface area (Å²) in [5.74, 6) is 2.73. The van der Waals surface area contributed by atoms with Crippen LogP contribution in [-0.4, -0.2) is 30.3 Å². The summed E-state index contributed by atoms with van der Waals surface area (Å²) in [7, 11) is 3.40. The molecule has 0 unspecified atom stereocenters. The van der Waals surface area contributed by atoms with E-state index in [1.807, 2.05) is 39.8 Å². The van der Waals surface area contributed by atoms with Crippen molar-refractivity contribution in [2.75, 3.05) is 14.2 Å². The quantitative estimate of drug-likeness (QED) is 0.640. The summed E-state index contributed by atoms with van der Waals surface area (Å²) in [5, 5.41) is 10.4. The monoisotopic (exact) mass is 345 g/mol. The number of aliphatic imine (C=N–C) groups is 1. The smallest absolute Gasteiger partial charge is 0.232 e. The van der Waals surface area contributed by atoms with Crippen molar-refractivity contribution in [3.05, 3.63) is 41.0 Å². The van der Waals surface area contributed by atoms with Gasteiger partial charge in [-0.3, -0.25) is 4.99 Å². The van der Waals surface area contributed by atoms with Gasteiger partial charge in [0.05, 0.1) is 13.7 Å². The molecule has 7 nitrogen and oxygen atoms in total. The molecule has 2 aromatic rings. The summed E-state index contributed by atoms with van der Waals surface area (Å²) in [5.41, 5.74) is 2.06. The van der Waals surface area contributed by atoms with Crippen LogP contribution in [0.1, 0.15) is 43.6 Å². The van der Waals surface area contributed by atoms with Gasteiger partial charge in [-0.2, -0.15) is 4.98 Å². The second kappa shape index (κ2) is 8.00. The van der Waals surface area contributed by atoms with Gasteiger partial charge in [0.25, 0.3) is 0 Å². The Morgan fingerprint density at radius 2 is 1.96 bits per heavy atom. The van der Waals surface area contributed by atoms with E-state index in [0.717, 1.165) is 16.9 Å². The van der Waals surface area contributed by atoms with Gasteiger partial charge in [0, 0.05) is 24.6 Å². The molecular formula is C18H27N5O2. The minimum Gasteiger partial charge on any atom is -0.496 e. The zero-order valence-electron chi connectivity index (χ0n) is 15.8. The maximum atomic E-state index is 5.42. The van der Waals surface area contributed by atoms with Crippen molar-refractivity contribution in [3.8, 4) is 5.75 Å². The minimum atomic E-state index is -0.160. The zero-order valence-corrected chi connectivity index (χ0v) is 15.8. The Bertz CT molecular complexity index is 731. The second-order valence-electron chi connectivity index (χ2n) is 6.86. The molecule has 25 heavy (non-hydrogen) atoms. The number of aryl methyl sites for hydroxylation is 1. The highest BCUT2D eigenvalue weighted by Gasteiger charge is 2.21. The molecule has 0 amide bonds. The molecule has 136 valence electrons. The first-order valence-corrected chi connectivity index (χ1v) is 8.24. The van der Waals surface area contributed by atoms with E-state index in [0.29, 0.717) is 30.8 Å². The number of nitrogens with zero attached hydrogens (tertiary/aromatic N) is 3. The topological polar surface area (TPSA) is 84.6 Å². The Morgan fingerprint density at radius 1 is 1.24 bits per heavy atom. The predicted octanol–water partition coefficient (Wildman–Crippen LogP) is 2.55. The first-order chi connectivity index (χ1) is 11.8. The number of benzene rings is 1. The molecule has 2 N–H and O–H groups in total. The van der Waals surface area contributed by atoms with Gasteiger partial charge in [-0.15, -0.1) is 0 Å². The van der Waals surface area contributed by atoms with Crippen LogP contribution in [0, 0.1) is 6.92 Å². The van der Waals surface area contributed by atoms with Crippen molar-refractivity contribution >= 4 is 5.96 Å². The molecule has 0 saturated heterocycles. The van der Waals surface area contributed by atoms with Crippen LogP contribution in [0.15, 0.2) is 27.7 Å². The average Bonchev–Trinajstić information content (AvgIpc) is 3.05. The molecule has 0 aliphatic carbocycles. The van der Waals surface area contributed by atoms with Crippen molar-refractivity contribution in [2.45, 2.75) is 46.2 Å². The largest absolute Gasteiger partial charge is 0.496 e. The third-order valence-electron chi connectivity index (χ3n) is 3.64. The molecule has 0 bridgehead atoms. The maximum Gasteiger partial charge on any atom is 0.232 e. The van der Waals surface area contributed by atoms with Crippen LogP contribution < -0.4 is 15.4 Å². The Hall–Kier alpha value is -2.57. The van der Waals surface area contributed by atoms with Gasteiger partial charge in [-0.25, -0.2) is 0 Å². The SMILES string of the molecule is CN=C(NCc1noc(C(C)(C)C)n1)NCc1ccc(C)cc1OC. The van der Waals surface area contributed by atoms with Gasteiger partial charge in [0.15, 0.2) is 11.8 Å². The van der Waals surface area contributed by atoms with Gasteiger partial charge in [0.2, 0.25) is 5.89 Å². The third-order valence-corrected chi connectivity index (χ3v) is 3.64. The number of hydrogen-bond acceptors (Lipinski definition) is 5.